The van der Waals surface area contributed by atoms with Gasteiger partial charge in [0.1, 0.15) is 11.5 Å². The number of nitrogens with zero attached hydrogens (tertiary/aromatic N) is 2. The summed E-state index contributed by atoms with van der Waals surface area (Å²) in [7, 11) is 0. The Bertz CT molecular complexity index is 821. The molecule has 2 aromatic rings. The van der Waals surface area contributed by atoms with Crippen molar-refractivity contribution < 1.29 is 13.9 Å². The number of halogens is 1. The lowest BCUT2D eigenvalue weighted by Gasteiger charge is -2.29. The Balaban J connectivity index is 2.01. The number of hydrogen-bond donors (Lipinski definition) is 1. The average Bonchev–Trinajstić information content (AvgIpc) is 2.92. The second-order valence-corrected chi connectivity index (χ2v) is 7.82. The minimum Gasteiger partial charge on any atom is -0.378 e. The Morgan fingerprint density at radius 2 is 1.82 bits per heavy atom. The fourth-order valence-electron chi connectivity index (χ4n) is 3.78. The van der Waals surface area contributed by atoms with Gasteiger partial charge in [0.2, 0.25) is 0 Å². The molecule has 1 amide bonds. The van der Waals surface area contributed by atoms with E-state index in [2.05, 4.69) is 35.6 Å². The summed E-state index contributed by atoms with van der Waals surface area (Å²) < 4.78 is 20.9. The van der Waals surface area contributed by atoms with Gasteiger partial charge in [-0.2, -0.15) is 0 Å². The van der Waals surface area contributed by atoms with Gasteiger partial charge in [-0.25, -0.2) is 4.39 Å². The molecule has 0 unspecified atom stereocenters. The minimum absolute atomic E-state index is 0.0593. The predicted molar refractivity (Wildman–Crippen MR) is 110 cm³/mol. The maximum Gasteiger partial charge on any atom is 0.268 e. The number of benzene rings is 1. The van der Waals surface area contributed by atoms with E-state index in [0.29, 0.717) is 37.9 Å². The third kappa shape index (κ3) is 4.38. The summed E-state index contributed by atoms with van der Waals surface area (Å²) >= 11 is 0. The average molecular weight is 387 g/mol. The molecule has 0 atom stereocenters. The standard InChI is InChI=1S/C22H30FN3O2/c1-15(2)13-24-22(27)21-16(3)20(25-9-11-28-12-10-25)17(4)26(21)14-18-5-7-19(23)8-6-18/h5-8,15H,9-14H2,1-4H3,(H,24,27). The molecule has 1 aliphatic heterocycles. The molecule has 1 saturated heterocycles. The number of amides is 1. The van der Waals surface area contributed by atoms with Gasteiger partial charge < -0.3 is 19.5 Å². The van der Waals surface area contributed by atoms with Gasteiger partial charge >= 0.3 is 0 Å². The number of rotatable bonds is 6. The third-order valence-corrected chi connectivity index (χ3v) is 5.20. The summed E-state index contributed by atoms with van der Waals surface area (Å²) in [5, 5.41) is 3.06. The topological polar surface area (TPSA) is 46.5 Å². The van der Waals surface area contributed by atoms with Crippen molar-refractivity contribution >= 4 is 11.6 Å². The summed E-state index contributed by atoms with van der Waals surface area (Å²) in [5.41, 5.74) is 4.80. The van der Waals surface area contributed by atoms with Gasteiger partial charge in [0.05, 0.1) is 18.9 Å². The normalized spacial score (nSPS) is 14.6. The molecule has 5 nitrogen and oxygen atoms in total. The maximum atomic E-state index is 13.3. The number of nitrogens with one attached hydrogen (secondary N) is 1. The van der Waals surface area contributed by atoms with Crippen LogP contribution in [-0.2, 0) is 11.3 Å². The smallest absolute Gasteiger partial charge is 0.268 e. The summed E-state index contributed by atoms with van der Waals surface area (Å²) in [6.07, 6.45) is 0. The predicted octanol–water partition coefficient (Wildman–Crippen LogP) is 3.51. The fourth-order valence-corrected chi connectivity index (χ4v) is 3.78. The maximum absolute atomic E-state index is 13.3. The van der Waals surface area contributed by atoms with Crippen molar-refractivity contribution in [1.29, 1.82) is 0 Å². The Morgan fingerprint density at radius 1 is 1.18 bits per heavy atom. The summed E-state index contributed by atoms with van der Waals surface area (Å²) in [5.74, 6) is 0.0635. The molecule has 152 valence electrons. The summed E-state index contributed by atoms with van der Waals surface area (Å²) in [6, 6.07) is 6.47. The molecule has 0 radical (unpaired) electrons. The van der Waals surface area contributed by atoms with Crippen LogP contribution in [-0.4, -0.2) is 43.3 Å². The van der Waals surface area contributed by atoms with E-state index in [1.807, 2.05) is 6.92 Å². The van der Waals surface area contributed by atoms with Crippen LogP contribution in [0.15, 0.2) is 24.3 Å². The molecule has 3 rings (SSSR count). The van der Waals surface area contributed by atoms with Crippen molar-refractivity contribution in [3.63, 3.8) is 0 Å². The van der Waals surface area contributed by atoms with E-state index in [-0.39, 0.29) is 11.7 Å². The Labute approximate surface area is 166 Å². The molecule has 2 heterocycles. The van der Waals surface area contributed by atoms with Gasteiger partial charge in [0.15, 0.2) is 0 Å². The number of ether oxygens (including phenoxy) is 1. The van der Waals surface area contributed by atoms with Crippen LogP contribution in [0.3, 0.4) is 0 Å². The largest absolute Gasteiger partial charge is 0.378 e. The fraction of sp³-hybridized carbons (Fsp3) is 0.500. The lowest BCUT2D eigenvalue weighted by Crippen LogP contribution is -2.36. The molecule has 1 fully saturated rings. The van der Waals surface area contributed by atoms with Gasteiger partial charge in [-0.1, -0.05) is 26.0 Å². The van der Waals surface area contributed by atoms with E-state index < -0.39 is 0 Å². The number of anilines is 1. The van der Waals surface area contributed by atoms with Gasteiger partial charge in [0.25, 0.3) is 5.91 Å². The molecule has 1 aromatic carbocycles. The lowest BCUT2D eigenvalue weighted by atomic mass is 10.1. The van der Waals surface area contributed by atoms with Crippen LogP contribution in [0.5, 0.6) is 0 Å². The summed E-state index contributed by atoms with van der Waals surface area (Å²) in [6.45, 7) is 12.4. The molecular weight excluding hydrogens is 357 g/mol. The van der Waals surface area contributed by atoms with Crippen LogP contribution >= 0.6 is 0 Å². The zero-order chi connectivity index (χ0) is 20.3. The van der Waals surface area contributed by atoms with Crippen molar-refractivity contribution in [2.24, 2.45) is 5.92 Å². The van der Waals surface area contributed by atoms with Crippen molar-refractivity contribution in [2.75, 3.05) is 37.7 Å². The van der Waals surface area contributed by atoms with Crippen LogP contribution in [0.2, 0.25) is 0 Å². The van der Waals surface area contributed by atoms with Crippen molar-refractivity contribution in [3.05, 3.63) is 52.6 Å². The molecule has 0 saturated carbocycles. The van der Waals surface area contributed by atoms with Crippen molar-refractivity contribution in [3.8, 4) is 0 Å². The Hall–Kier alpha value is -2.34. The zero-order valence-corrected chi connectivity index (χ0v) is 17.2. The van der Waals surface area contributed by atoms with Gasteiger partial charge in [-0.05, 0) is 37.5 Å². The zero-order valence-electron chi connectivity index (χ0n) is 17.2. The molecule has 0 bridgehead atoms. The minimum atomic E-state index is -0.256. The highest BCUT2D eigenvalue weighted by Gasteiger charge is 2.26. The number of morpholine rings is 1. The van der Waals surface area contributed by atoms with Gasteiger partial charge in [0, 0.05) is 37.4 Å². The molecule has 28 heavy (non-hydrogen) atoms. The van der Waals surface area contributed by atoms with Gasteiger partial charge in [-0.3, -0.25) is 4.79 Å². The number of carbonyl (C=O) groups excluding carboxylic acids is 1. The lowest BCUT2D eigenvalue weighted by molar-refractivity contribution is 0.0939. The van der Waals surface area contributed by atoms with Crippen LogP contribution in [0, 0.1) is 25.6 Å². The van der Waals surface area contributed by atoms with Crippen LogP contribution in [0.4, 0.5) is 10.1 Å². The first-order valence-corrected chi connectivity index (χ1v) is 9.93. The van der Waals surface area contributed by atoms with E-state index in [1.165, 1.54) is 12.1 Å². The molecule has 1 aliphatic rings. The number of aromatic nitrogens is 1. The quantitative estimate of drug-likeness (QED) is 0.825. The monoisotopic (exact) mass is 387 g/mol. The van der Waals surface area contributed by atoms with Crippen LogP contribution in [0.1, 0.15) is 41.2 Å². The SMILES string of the molecule is Cc1c(N2CCOCC2)c(C)n(Cc2ccc(F)cc2)c1C(=O)NCC(C)C. The third-order valence-electron chi connectivity index (χ3n) is 5.20. The first-order chi connectivity index (χ1) is 13.4. The van der Waals surface area contributed by atoms with Crippen molar-refractivity contribution in [1.82, 2.24) is 9.88 Å². The van der Waals surface area contributed by atoms with E-state index in [1.54, 1.807) is 12.1 Å². The molecule has 1 N–H and O–H groups in total. The first kappa shape index (κ1) is 20.4. The van der Waals surface area contributed by atoms with Gasteiger partial charge in [-0.15, -0.1) is 0 Å². The summed E-state index contributed by atoms with van der Waals surface area (Å²) in [4.78, 5) is 15.3. The highest BCUT2D eigenvalue weighted by atomic mass is 19.1. The van der Waals surface area contributed by atoms with E-state index in [4.69, 9.17) is 4.74 Å². The number of hydrogen-bond acceptors (Lipinski definition) is 3. The van der Waals surface area contributed by atoms with E-state index in [9.17, 15) is 9.18 Å². The van der Waals surface area contributed by atoms with Crippen LogP contribution < -0.4 is 10.2 Å². The molecule has 0 aliphatic carbocycles. The van der Waals surface area contributed by atoms with E-state index in [0.717, 1.165) is 35.6 Å². The Kier molecular flexibility index (Phi) is 6.39. The highest BCUT2D eigenvalue weighted by Crippen LogP contribution is 2.32. The molecule has 6 heteroatoms. The van der Waals surface area contributed by atoms with Crippen LogP contribution in [0.25, 0.3) is 0 Å². The van der Waals surface area contributed by atoms with E-state index >= 15 is 0 Å². The Morgan fingerprint density at radius 3 is 2.43 bits per heavy atom. The molecular formula is C22H30FN3O2. The first-order valence-electron chi connectivity index (χ1n) is 9.93. The number of carbonyl (C=O) groups is 1. The second kappa shape index (κ2) is 8.78. The highest BCUT2D eigenvalue weighted by molar-refractivity contribution is 5.96. The van der Waals surface area contributed by atoms with Crippen molar-refractivity contribution in [2.45, 2.75) is 34.2 Å². The molecule has 0 spiro atoms. The second-order valence-electron chi connectivity index (χ2n) is 7.82. The molecule has 1 aromatic heterocycles.